The zero-order valence-electron chi connectivity index (χ0n) is 18.8. The number of hydrogen-bond donors (Lipinski definition) is 1. The van der Waals surface area contributed by atoms with Crippen molar-refractivity contribution in [3.8, 4) is 0 Å². The highest BCUT2D eigenvalue weighted by Gasteiger charge is 2.28. The normalized spacial score (nSPS) is 16.6. The van der Waals surface area contributed by atoms with E-state index in [2.05, 4.69) is 19.0 Å². The van der Waals surface area contributed by atoms with E-state index in [1.54, 1.807) is 24.3 Å². The number of nitrogens with one attached hydrogen (secondary N) is 1. The van der Waals surface area contributed by atoms with Gasteiger partial charge in [0.2, 0.25) is 11.0 Å². The van der Waals surface area contributed by atoms with Crippen molar-refractivity contribution < 1.29 is 16.1 Å². The minimum absolute atomic E-state index is 0. The SMILES string of the molecule is C[C@@H]1CN(c2ccc(S(=O)(=O)Nc3ncns3)cc2)CCN1C(=O)Cn1ccc2ccc(Cl)cc21.[HH].[HH]. The molecule has 1 saturated heterocycles. The summed E-state index contributed by atoms with van der Waals surface area (Å²) in [5, 5.41) is 1.91. The molecule has 1 aliphatic heterocycles. The highest BCUT2D eigenvalue weighted by atomic mass is 35.5. The van der Waals surface area contributed by atoms with E-state index in [1.807, 2.05) is 46.9 Å². The highest BCUT2D eigenvalue weighted by molar-refractivity contribution is 7.93. The molecule has 9 nitrogen and oxygen atoms in total. The van der Waals surface area contributed by atoms with Crippen LogP contribution >= 0.6 is 23.1 Å². The topological polar surface area (TPSA) is 100 Å². The van der Waals surface area contributed by atoms with E-state index >= 15 is 0 Å². The molecular formula is C23H27ClN6O3S2. The van der Waals surface area contributed by atoms with E-state index in [-0.39, 0.29) is 31.4 Å². The van der Waals surface area contributed by atoms with Crippen molar-refractivity contribution in [1.29, 1.82) is 0 Å². The Kier molecular flexibility index (Phi) is 6.39. The van der Waals surface area contributed by atoms with Gasteiger partial charge in [0.1, 0.15) is 12.9 Å². The second kappa shape index (κ2) is 9.48. The average molecular weight is 535 g/mol. The van der Waals surface area contributed by atoms with Gasteiger partial charge in [-0.05, 0) is 54.8 Å². The van der Waals surface area contributed by atoms with Crippen LogP contribution in [0.5, 0.6) is 0 Å². The monoisotopic (exact) mass is 534 g/mol. The van der Waals surface area contributed by atoms with Crippen LogP contribution in [0.2, 0.25) is 5.02 Å². The number of anilines is 2. The minimum atomic E-state index is -3.73. The fourth-order valence-corrected chi connectivity index (χ4v) is 6.15. The Bertz CT molecular complexity index is 1470. The summed E-state index contributed by atoms with van der Waals surface area (Å²) in [6, 6.07) is 14.4. The molecule has 186 valence electrons. The maximum absolute atomic E-state index is 13.1. The second-order valence-electron chi connectivity index (χ2n) is 8.37. The van der Waals surface area contributed by atoms with Crippen molar-refractivity contribution in [3.63, 3.8) is 0 Å². The molecule has 3 heterocycles. The van der Waals surface area contributed by atoms with E-state index in [1.165, 1.54) is 6.33 Å². The summed E-state index contributed by atoms with van der Waals surface area (Å²) in [4.78, 5) is 21.2. The molecule has 5 rings (SSSR count). The Morgan fingerprint density at radius 1 is 1.20 bits per heavy atom. The van der Waals surface area contributed by atoms with Crippen molar-refractivity contribution in [1.82, 2.24) is 18.8 Å². The average Bonchev–Trinajstić information content (AvgIpc) is 3.48. The molecule has 1 aliphatic rings. The molecule has 2 aromatic carbocycles. The summed E-state index contributed by atoms with van der Waals surface area (Å²) in [5.41, 5.74) is 1.85. The number of benzene rings is 2. The molecule has 0 saturated carbocycles. The van der Waals surface area contributed by atoms with Gasteiger partial charge in [0.05, 0.1) is 4.90 Å². The van der Waals surface area contributed by atoms with Crippen LogP contribution in [-0.4, -0.2) is 58.8 Å². The minimum Gasteiger partial charge on any atom is -0.368 e. The lowest BCUT2D eigenvalue weighted by molar-refractivity contribution is -0.134. The first-order valence-electron chi connectivity index (χ1n) is 11.0. The molecule has 0 spiro atoms. The van der Waals surface area contributed by atoms with Gasteiger partial charge in [0, 0.05) is 62.5 Å². The molecule has 35 heavy (non-hydrogen) atoms. The Balaban J connectivity index is 0.00000190. The first kappa shape index (κ1) is 23.6. The predicted octanol–water partition coefficient (Wildman–Crippen LogP) is 4.18. The molecular weight excluding hydrogens is 508 g/mol. The van der Waals surface area contributed by atoms with E-state index in [4.69, 9.17) is 11.6 Å². The highest BCUT2D eigenvalue weighted by Crippen LogP contribution is 2.24. The van der Waals surface area contributed by atoms with Crippen LogP contribution in [0.4, 0.5) is 10.8 Å². The predicted molar refractivity (Wildman–Crippen MR) is 142 cm³/mol. The van der Waals surface area contributed by atoms with Gasteiger partial charge in [0.25, 0.3) is 10.0 Å². The van der Waals surface area contributed by atoms with Gasteiger partial charge < -0.3 is 14.4 Å². The van der Waals surface area contributed by atoms with E-state index < -0.39 is 10.0 Å². The van der Waals surface area contributed by atoms with Crippen molar-refractivity contribution in [2.75, 3.05) is 29.3 Å². The van der Waals surface area contributed by atoms with Crippen LogP contribution in [0.25, 0.3) is 10.9 Å². The van der Waals surface area contributed by atoms with Crippen molar-refractivity contribution in [3.05, 3.63) is 66.1 Å². The van der Waals surface area contributed by atoms with Gasteiger partial charge in [-0.25, -0.2) is 13.4 Å². The zero-order chi connectivity index (χ0) is 24.6. The Labute approximate surface area is 215 Å². The molecule has 12 heteroatoms. The third-order valence-electron chi connectivity index (χ3n) is 6.08. The maximum atomic E-state index is 13.1. The molecule has 1 N–H and O–H groups in total. The van der Waals surface area contributed by atoms with Crippen molar-refractivity contribution in [2.45, 2.75) is 24.4 Å². The number of nitrogens with zero attached hydrogens (tertiary/aromatic N) is 5. The number of aromatic nitrogens is 3. The first-order chi connectivity index (χ1) is 16.8. The molecule has 2 aromatic heterocycles. The largest absolute Gasteiger partial charge is 0.368 e. The second-order valence-corrected chi connectivity index (χ2v) is 11.3. The quantitative estimate of drug-likeness (QED) is 0.398. The Morgan fingerprint density at radius 3 is 2.71 bits per heavy atom. The number of fused-ring (bicyclic) bond motifs is 1. The summed E-state index contributed by atoms with van der Waals surface area (Å²) in [5.74, 6) is 0.0545. The molecule has 0 aliphatic carbocycles. The summed E-state index contributed by atoms with van der Waals surface area (Å²) < 4.78 is 33.2. The first-order valence-corrected chi connectivity index (χ1v) is 13.6. The van der Waals surface area contributed by atoms with Crippen LogP contribution in [-0.2, 0) is 21.4 Å². The lowest BCUT2D eigenvalue weighted by Crippen LogP contribution is -2.54. The number of piperazine rings is 1. The Morgan fingerprint density at radius 2 is 2.00 bits per heavy atom. The fourth-order valence-electron chi connectivity index (χ4n) is 4.32. The molecule has 4 aromatic rings. The fraction of sp³-hybridized carbons (Fsp3) is 0.261. The van der Waals surface area contributed by atoms with Crippen molar-refractivity contribution >= 4 is 60.8 Å². The molecule has 1 amide bonds. The Hall–Kier alpha value is -3.15. The molecule has 0 unspecified atom stereocenters. The number of carbonyl (C=O) groups is 1. The summed E-state index contributed by atoms with van der Waals surface area (Å²) in [6.07, 6.45) is 3.21. The van der Waals surface area contributed by atoms with E-state index in [0.717, 1.165) is 28.1 Å². The van der Waals surface area contributed by atoms with Crippen LogP contribution < -0.4 is 9.62 Å². The third kappa shape index (κ3) is 4.97. The smallest absolute Gasteiger partial charge is 0.263 e. The van der Waals surface area contributed by atoms with E-state index in [9.17, 15) is 13.2 Å². The van der Waals surface area contributed by atoms with Gasteiger partial charge in [0.15, 0.2) is 0 Å². The van der Waals surface area contributed by atoms with Crippen LogP contribution in [0, 0.1) is 0 Å². The van der Waals surface area contributed by atoms with E-state index in [0.29, 0.717) is 24.7 Å². The summed E-state index contributed by atoms with van der Waals surface area (Å²) >= 11 is 7.12. The zero-order valence-corrected chi connectivity index (χ0v) is 21.2. The third-order valence-corrected chi connectivity index (χ3v) is 8.38. The van der Waals surface area contributed by atoms with Gasteiger partial charge in [-0.3, -0.25) is 9.52 Å². The number of sulfonamides is 1. The lowest BCUT2D eigenvalue weighted by Gasteiger charge is -2.41. The van der Waals surface area contributed by atoms with Gasteiger partial charge in [-0.2, -0.15) is 4.37 Å². The van der Waals surface area contributed by atoms with Crippen LogP contribution in [0.1, 0.15) is 9.78 Å². The van der Waals surface area contributed by atoms with Gasteiger partial charge in [-0.15, -0.1) is 0 Å². The number of halogens is 1. The number of carbonyl (C=O) groups excluding carboxylic acids is 1. The number of amides is 1. The van der Waals surface area contributed by atoms with Crippen molar-refractivity contribution in [2.24, 2.45) is 0 Å². The summed E-state index contributed by atoms with van der Waals surface area (Å²) in [7, 11) is -3.73. The molecule has 0 bridgehead atoms. The molecule has 1 fully saturated rings. The lowest BCUT2D eigenvalue weighted by atomic mass is 10.1. The molecule has 1 atom stereocenters. The maximum Gasteiger partial charge on any atom is 0.263 e. The van der Waals surface area contributed by atoms with Gasteiger partial charge in [-0.1, -0.05) is 17.7 Å². The number of hydrogen-bond acceptors (Lipinski definition) is 7. The van der Waals surface area contributed by atoms with Crippen LogP contribution in [0.3, 0.4) is 0 Å². The number of rotatable bonds is 6. The van der Waals surface area contributed by atoms with Gasteiger partial charge >= 0.3 is 0 Å². The summed E-state index contributed by atoms with van der Waals surface area (Å²) in [6.45, 7) is 4.17. The standard InChI is InChI=1S/C23H23ClN6O3S2.2H2/c1-16-13-28(19-4-6-20(7-5-19)35(32,33)27-23-25-15-26-34-23)10-11-30(16)22(31)14-29-9-8-17-2-3-18(24)12-21(17)29;;/h2-9,12,15-16H,10-11,13-14H2,1H3,(H,25,26,27);2*1H/t16-;;/m1../s1. The molecule has 0 radical (unpaired) electrons. The van der Waals surface area contributed by atoms with Crippen LogP contribution in [0.15, 0.2) is 66.0 Å².